The fourth-order valence-electron chi connectivity index (χ4n) is 3.36. The molecule has 4 nitrogen and oxygen atoms in total. The first-order chi connectivity index (χ1) is 13.8. The first-order valence-electron chi connectivity index (χ1n) is 11.2. The van der Waals surface area contributed by atoms with Crippen LogP contribution in [0.4, 0.5) is 0 Å². The van der Waals surface area contributed by atoms with Gasteiger partial charge in [-0.25, -0.2) is 4.79 Å². The molecule has 172 valence electrons. The number of carbonyl (C=O) groups excluding carboxylic acids is 1. The molecule has 0 aromatic heterocycles. The highest BCUT2D eigenvalue weighted by atomic mass is 32.2. The topological polar surface area (TPSA) is 66.8 Å². The van der Waals surface area contributed by atoms with E-state index in [0.29, 0.717) is 11.5 Å². The molecule has 2 atom stereocenters. The molecule has 0 radical (unpaired) electrons. The van der Waals surface area contributed by atoms with Crippen LogP contribution in [0.15, 0.2) is 12.1 Å². The Bertz CT molecular complexity index is 650. The Labute approximate surface area is 187 Å². The van der Waals surface area contributed by atoms with E-state index in [2.05, 4.69) is 48.5 Å². The minimum absolute atomic E-state index is 0.132. The number of hydrogen-bond donors (Lipinski definition) is 2. The number of phenols is 1. The largest absolute Gasteiger partial charge is 0.507 e. The van der Waals surface area contributed by atoms with Crippen LogP contribution in [0.1, 0.15) is 104 Å². The van der Waals surface area contributed by atoms with E-state index >= 15 is 0 Å². The van der Waals surface area contributed by atoms with Crippen LogP contribution >= 0.6 is 11.8 Å². The van der Waals surface area contributed by atoms with Crippen molar-refractivity contribution < 1.29 is 19.7 Å². The van der Waals surface area contributed by atoms with Gasteiger partial charge in [0.2, 0.25) is 0 Å². The molecule has 0 saturated heterocycles. The van der Waals surface area contributed by atoms with Gasteiger partial charge in [-0.2, -0.15) is 0 Å². The summed E-state index contributed by atoms with van der Waals surface area (Å²) in [4.78, 5) is 12.3. The molecule has 0 aliphatic rings. The highest BCUT2D eigenvalue weighted by Gasteiger charge is 2.27. The van der Waals surface area contributed by atoms with Gasteiger partial charge >= 0.3 is 5.97 Å². The van der Waals surface area contributed by atoms with Crippen LogP contribution < -0.4 is 0 Å². The van der Waals surface area contributed by atoms with Crippen molar-refractivity contribution in [3.8, 4) is 5.75 Å². The number of thioether (sulfide) groups is 1. The maximum Gasteiger partial charge on any atom is 0.345 e. The van der Waals surface area contributed by atoms with Crippen molar-refractivity contribution in [2.75, 3.05) is 0 Å². The van der Waals surface area contributed by atoms with Crippen LogP contribution in [-0.4, -0.2) is 27.7 Å². The summed E-state index contributed by atoms with van der Waals surface area (Å²) >= 11 is 1.16. The average Bonchev–Trinajstić information content (AvgIpc) is 2.64. The van der Waals surface area contributed by atoms with E-state index in [1.165, 1.54) is 0 Å². The second-order valence-electron chi connectivity index (χ2n) is 10.2. The van der Waals surface area contributed by atoms with Gasteiger partial charge in [0, 0.05) is 5.75 Å². The van der Waals surface area contributed by atoms with Gasteiger partial charge < -0.3 is 14.9 Å². The number of esters is 1. The molecule has 1 rings (SSSR count). The zero-order chi connectivity index (χ0) is 23.1. The molecule has 1 aromatic rings. The Hall–Kier alpha value is -1.20. The van der Waals surface area contributed by atoms with Gasteiger partial charge in [-0.3, -0.25) is 0 Å². The van der Waals surface area contributed by atoms with Crippen LogP contribution in [0.3, 0.4) is 0 Å². The van der Waals surface area contributed by atoms with Crippen molar-refractivity contribution in [2.24, 2.45) is 0 Å². The van der Waals surface area contributed by atoms with E-state index in [1.807, 2.05) is 19.1 Å². The van der Waals surface area contributed by atoms with E-state index in [9.17, 15) is 15.0 Å². The maximum atomic E-state index is 12.3. The van der Waals surface area contributed by atoms with Crippen LogP contribution in [0.25, 0.3) is 0 Å². The molecule has 1 aromatic carbocycles. The third-order valence-electron chi connectivity index (χ3n) is 5.26. The summed E-state index contributed by atoms with van der Waals surface area (Å²) in [5.41, 5.74) is 1.10. The first-order valence-corrected chi connectivity index (χ1v) is 12.2. The molecule has 5 heteroatoms. The number of rotatable bonds is 10. The van der Waals surface area contributed by atoms with E-state index in [1.54, 1.807) is 0 Å². The number of phenolic OH excluding ortho intramolecular Hbond substituents is 1. The second kappa shape index (κ2) is 11.4. The lowest BCUT2D eigenvalue weighted by atomic mass is 9.78. The van der Waals surface area contributed by atoms with Crippen LogP contribution in [0.5, 0.6) is 5.75 Å². The zero-order valence-corrected chi connectivity index (χ0v) is 21.0. The predicted molar refractivity (Wildman–Crippen MR) is 127 cm³/mol. The molecule has 0 aliphatic carbocycles. The van der Waals surface area contributed by atoms with E-state index in [4.69, 9.17) is 4.74 Å². The quantitative estimate of drug-likeness (QED) is 0.250. The SMILES string of the molecule is CCCCCC(CC)OC(=O)C(O)SCc1cc(C(C)(C)C)c(O)c(C(C)(C)C)c1. The number of hydrogen-bond acceptors (Lipinski definition) is 5. The van der Waals surface area contributed by atoms with Crippen LogP contribution in [0, 0.1) is 0 Å². The van der Waals surface area contributed by atoms with Gasteiger partial charge in [0.25, 0.3) is 0 Å². The van der Waals surface area contributed by atoms with Crippen molar-refractivity contribution in [2.45, 2.75) is 116 Å². The Kier molecular flexibility index (Phi) is 10.2. The van der Waals surface area contributed by atoms with E-state index in [0.717, 1.165) is 60.6 Å². The summed E-state index contributed by atoms with van der Waals surface area (Å²) < 4.78 is 5.52. The minimum atomic E-state index is -1.21. The number of aromatic hydroxyl groups is 1. The Morgan fingerprint density at radius 1 is 1.03 bits per heavy atom. The Balaban J connectivity index is 2.89. The molecule has 30 heavy (non-hydrogen) atoms. The van der Waals surface area contributed by atoms with Gasteiger partial charge in [0.15, 0.2) is 5.44 Å². The second-order valence-corrected chi connectivity index (χ2v) is 11.2. The third kappa shape index (κ3) is 8.14. The number of carbonyl (C=O) groups is 1. The number of aliphatic hydroxyl groups excluding tert-OH is 1. The van der Waals surface area contributed by atoms with Crippen LogP contribution in [-0.2, 0) is 26.1 Å². The monoisotopic (exact) mass is 438 g/mol. The van der Waals surface area contributed by atoms with Crippen molar-refractivity contribution in [1.82, 2.24) is 0 Å². The van der Waals surface area contributed by atoms with Crippen LogP contribution in [0.2, 0.25) is 0 Å². The van der Waals surface area contributed by atoms with Crippen molar-refractivity contribution in [3.05, 3.63) is 28.8 Å². The lowest BCUT2D eigenvalue weighted by Crippen LogP contribution is -2.26. The number of ether oxygens (including phenoxy) is 1. The summed E-state index contributed by atoms with van der Waals surface area (Å²) in [5.74, 6) is 0.241. The van der Waals surface area contributed by atoms with Gasteiger partial charge in [-0.1, -0.05) is 80.4 Å². The number of benzene rings is 1. The van der Waals surface area contributed by atoms with Gasteiger partial charge in [-0.15, -0.1) is 11.8 Å². The lowest BCUT2D eigenvalue weighted by Gasteiger charge is -2.28. The molecule has 0 spiro atoms. The molecule has 2 unspecified atom stereocenters. The standard InChI is InChI=1S/C25H42O4S/c1-9-11-12-13-18(10-2)29-22(27)23(28)30-16-17-14-19(24(3,4)5)21(26)20(15-17)25(6,7)8/h14-15,18,23,26,28H,9-13,16H2,1-8H3. The summed E-state index contributed by atoms with van der Waals surface area (Å²) in [6.45, 7) is 16.6. The first kappa shape index (κ1) is 26.8. The zero-order valence-electron chi connectivity index (χ0n) is 20.2. The van der Waals surface area contributed by atoms with Crippen molar-refractivity contribution in [3.63, 3.8) is 0 Å². The summed E-state index contributed by atoms with van der Waals surface area (Å²) in [5, 5.41) is 21.2. The predicted octanol–water partition coefficient (Wildman–Crippen LogP) is 6.44. The molecular weight excluding hydrogens is 396 g/mol. The third-order valence-corrected chi connectivity index (χ3v) is 6.27. The molecule has 0 heterocycles. The molecular formula is C25H42O4S. The molecule has 0 aliphatic heterocycles. The summed E-state index contributed by atoms with van der Waals surface area (Å²) in [6.07, 6.45) is 4.75. The molecule has 0 amide bonds. The fraction of sp³-hybridized carbons (Fsp3) is 0.720. The fourth-order valence-corrected chi connectivity index (χ4v) is 4.06. The summed E-state index contributed by atoms with van der Waals surface area (Å²) in [6, 6.07) is 3.96. The molecule has 0 bridgehead atoms. The average molecular weight is 439 g/mol. The van der Waals surface area contributed by atoms with E-state index < -0.39 is 11.4 Å². The van der Waals surface area contributed by atoms with Gasteiger partial charge in [0.1, 0.15) is 11.9 Å². The van der Waals surface area contributed by atoms with Gasteiger partial charge in [0.05, 0.1) is 0 Å². The Morgan fingerprint density at radius 2 is 1.57 bits per heavy atom. The molecule has 0 fully saturated rings. The van der Waals surface area contributed by atoms with Gasteiger partial charge in [-0.05, 0) is 46.8 Å². The van der Waals surface area contributed by atoms with Crippen molar-refractivity contribution in [1.29, 1.82) is 0 Å². The summed E-state index contributed by atoms with van der Waals surface area (Å²) in [7, 11) is 0. The van der Waals surface area contributed by atoms with Crippen molar-refractivity contribution >= 4 is 17.7 Å². The molecule has 2 N–H and O–H groups in total. The number of unbranched alkanes of at least 4 members (excludes halogenated alkanes) is 2. The molecule has 0 saturated carbocycles. The Morgan fingerprint density at radius 3 is 2.00 bits per heavy atom. The maximum absolute atomic E-state index is 12.3. The minimum Gasteiger partial charge on any atom is -0.507 e. The normalized spacial score (nSPS) is 14.4. The lowest BCUT2D eigenvalue weighted by molar-refractivity contribution is -0.154. The highest BCUT2D eigenvalue weighted by Crippen LogP contribution is 2.40. The smallest absolute Gasteiger partial charge is 0.345 e. The van der Waals surface area contributed by atoms with E-state index in [-0.39, 0.29) is 16.9 Å². The highest BCUT2D eigenvalue weighted by molar-refractivity contribution is 7.99. The number of aliphatic hydroxyl groups is 1.